The van der Waals surface area contributed by atoms with Crippen molar-refractivity contribution in [3.63, 3.8) is 0 Å². The number of nitrogens with one attached hydrogen (secondary N) is 1. The highest BCUT2D eigenvalue weighted by Gasteiger charge is 2.58. The number of para-hydroxylation sites is 1. The predicted molar refractivity (Wildman–Crippen MR) is 148 cm³/mol. The summed E-state index contributed by atoms with van der Waals surface area (Å²) in [5, 5.41) is 38.7. The number of aliphatic hydroxyl groups excluding tert-OH is 2. The third kappa shape index (κ3) is 5.89. The Kier molecular flexibility index (Phi) is 8.60. The van der Waals surface area contributed by atoms with Gasteiger partial charge < -0.3 is 29.9 Å². The summed E-state index contributed by atoms with van der Waals surface area (Å²) in [6.07, 6.45) is 2.17. The first-order chi connectivity index (χ1) is 20.2. The number of esters is 1. The number of aromatic nitrogens is 3. The molecule has 3 aromatic rings. The molecule has 1 aliphatic carbocycles. The molecule has 7 atom stereocenters. The molecule has 14 nitrogen and oxygen atoms in total. The Labute approximate surface area is 241 Å². The Morgan fingerprint density at radius 2 is 2.10 bits per heavy atom. The van der Waals surface area contributed by atoms with Gasteiger partial charge in [0.1, 0.15) is 54.1 Å². The number of nitrogens with two attached hydrogens (primary N) is 1. The van der Waals surface area contributed by atoms with Crippen LogP contribution in [-0.2, 0) is 29.0 Å². The SMILES string of the molecule is C[C@H](NP(=O)(OC[C@H]1O[C@@](C#N)(c2ccc3c(N)ncnn23)[C@H](O)[C@@H]1O)Oc1ccccc1)C(=O)OC1CC=CCC1. The average Bonchev–Trinajstić information content (AvgIpc) is 3.53. The van der Waals surface area contributed by atoms with Gasteiger partial charge in [-0.3, -0.25) is 9.32 Å². The van der Waals surface area contributed by atoms with E-state index in [1.54, 1.807) is 36.4 Å². The molecule has 5 N–H and O–H groups in total. The summed E-state index contributed by atoms with van der Waals surface area (Å²) < 4.78 is 38.0. The normalized spacial score (nSPS) is 27.7. The highest BCUT2D eigenvalue weighted by molar-refractivity contribution is 7.52. The smallest absolute Gasteiger partial charge is 0.459 e. The van der Waals surface area contributed by atoms with Gasteiger partial charge in [-0.05, 0) is 44.0 Å². The van der Waals surface area contributed by atoms with Gasteiger partial charge in [0.25, 0.3) is 0 Å². The van der Waals surface area contributed by atoms with Gasteiger partial charge in [-0.25, -0.2) is 14.1 Å². The fourth-order valence-electron chi connectivity index (χ4n) is 4.86. The molecule has 2 aromatic heterocycles. The molecule has 1 saturated heterocycles. The molecule has 222 valence electrons. The Hall–Kier alpha value is -3.83. The summed E-state index contributed by atoms with van der Waals surface area (Å²) in [6, 6.07) is 12.0. The Morgan fingerprint density at radius 3 is 2.81 bits per heavy atom. The first-order valence-corrected chi connectivity index (χ1v) is 14.9. The number of allylic oxidation sites excluding steroid dienone is 1. The van der Waals surface area contributed by atoms with Crippen LogP contribution in [0.3, 0.4) is 0 Å². The van der Waals surface area contributed by atoms with Crippen LogP contribution in [-0.4, -0.2) is 67.8 Å². The molecule has 0 spiro atoms. The zero-order chi connectivity index (χ0) is 29.9. The summed E-state index contributed by atoms with van der Waals surface area (Å²) in [7, 11) is -4.32. The van der Waals surface area contributed by atoms with Crippen molar-refractivity contribution in [1.82, 2.24) is 19.7 Å². The lowest BCUT2D eigenvalue weighted by atomic mass is 9.92. The zero-order valence-corrected chi connectivity index (χ0v) is 23.5. The van der Waals surface area contributed by atoms with E-state index in [9.17, 15) is 24.8 Å². The van der Waals surface area contributed by atoms with Gasteiger partial charge in [0.2, 0.25) is 5.60 Å². The number of anilines is 1. The standard InChI is InChI=1S/C27H31N6O8P/c1-17(26(36)39-18-8-4-2-5-9-18)32-42(37,41-19-10-6-3-7-11-19)38-14-21-23(34)24(35)27(15-28,40-21)22-13-12-20-25(29)30-16-31-33(20)22/h2-4,6-7,10-13,16-18,21,23-24,34-35H,5,8-9,14H2,1H3,(H,32,37)(H2,29,30,31)/t17-,18?,21+,23+,24+,27-,42?/m0/s1. The van der Waals surface area contributed by atoms with E-state index >= 15 is 0 Å². The Bertz CT molecular complexity index is 1540. The molecule has 1 aliphatic heterocycles. The number of fused-ring (bicyclic) bond motifs is 1. The van der Waals surface area contributed by atoms with Crippen molar-refractivity contribution in [3.8, 4) is 11.8 Å². The lowest BCUT2D eigenvalue weighted by Gasteiger charge is -2.26. The quantitative estimate of drug-likeness (QED) is 0.150. The van der Waals surface area contributed by atoms with E-state index in [2.05, 4.69) is 15.2 Å². The molecule has 15 heteroatoms. The van der Waals surface area contributed by atoms with Gasteiger partial charge in [-0.2, -0.15) is 15.4 Å². The van der Waals surface area contributed by atoms with E-state index in [1.807, 2.05) is 18.2 Å². The van der Waals surface area contributed by atoms with E-state index in [0.29, 0.717) is 18.4 Å². The van der Waals surface area contributed by atoms with Gasteiger partial charge in [0.15, 0.2) is 5.82 Å². The minimum atomic E-state index is -4.32. The molecule has 1 fully saturated rings. The van der Waals surface area contributed by atoms with Crippen molar-refractivity contribution in [2.24, 2.45) is 0 Å². The fourth-order valence-corrected chi connectivity index (χ4v) is 6.36. The third-order valence-electron chi connectivity index (χ3n) is 7.07. The summed E-state index contributed by atoms with van der Waals surface area (Å²) in [4.78, 5) is 16.7. The number of hydrogen-bond acceptors (Lipinski definition) is 12. The van der Waals surface area contributed by atoms with Gasteiger partial charge >= 0.3 is 13.7 Å². The molecule has 2 aliphatic rings. The van der Waals surface area contributed by atoms with Crippen molar-refractivity contribution in [3.05, 3.63) is 66.6 Å². The molecular weight excluding hydrogens is 567 g/mol. The number of nitriles is 1. The van der Waals surface area contributed by atoms with Crippen molar-refractivity contribution >= 4 is 25.1 Å². The first-order valence-electron chi connectivity index (χ1n) is 13.3. The van der Waals surface area contributed by atoms with E-state index in [-0.39, 0.29) is 23.4 Å². The number of carbonyl (C=O) groups excluding carboxylic acids is 1. The molecule has 42 heavy (non-hydrogen) atoms. The van der Waals surface area contributed by atoms with Crippen LogP contribution in [0.4, 0.5) is 5.82 Å². The van der Waals surface area contributed by atoms with Crippen LogP contribution in [0.1, 0.15) is 31.9 Å². The van der Waals surface area contributed by atoms with Crippen LogP contribution in [0.5, 0.6) is 5.75 Å². The lowest BCUT2D eigenvalue weighted by molar-refractivity contribution is -0.151. The fraction of sp³-hybridized carbons (Fsp3) is 0.407. The Morgan fingerprint density at radius 1 is 1.31 bits per heavy atom. The second-order valence-corrected chi connectivity index (χ2v) is 11.7. The molecule has 0 amide bonds. The number of ether oxygens (including phenoxy) is 2. The third-order valence-corrected chi connectivity index (χ3v) is 8.72. The van der Waals surface area contributed by atoms with Crippen LogP contribution in [0.25, 0.3) is 5.52 Å². The van der Waals surface area contributed by atoms with Gasteiger partial charge in [-0.15, -0.1) is 0 Å². The first kappa shape index (κ1) is 29.7. The van der Waals surface area contributed by atoms with Crippen LogP contribution >= 0.6 is 7.75 Å². The van der Waals surface area contributed by atoms with E-state index in [1.165, 1.54) is 23.8 Å². The highest BCUT2D eigenvalue weighted by atomic mass is 31.2. The maximum atomic E-state index is 13.9. The molecule has 0 radical (unpaired) electrons. The number of rotatable bonds is 10. The van der Waals surface area contributed by atoms with Crippen LogP contribution in [0.2, 0.25) is 0 Å². The van der Waals surface area contributed by atoms with E-state index < -0.39 is 50.3 Å². The second-order valence-electron chi connectivity index (χ2n) is 9.99. The minimum absolute atomic E-state index is 0.0962. The monoisotopic (exact) mass is 598 g/mol. The summed E-state index contributed by atoms with van der Waals surface area (Å²) >= 11 is 0. The number of hydrogen-bond donors (Lipinski definition) is 4. The molecule has 2 unspecified atom stereocenters. The second kappa shape index (κ2) is 12.2. The number of carbonyl (C=O) groups is 1. The molecular formula is C27H31N6O8P. The number of aliphatic hydroxyl groups is 2. The van der Waals surface area contributed by atoms with Crippen molar-refractivity contribution < 1.29 is 38.1 Å². The van der Waals surface area contributed by atoms with Gasteiger partial charge in [-0.1, -0.05) is 30.4 Å². The number of benzene rings is 1. The maximum Gasteiger partial charge on any atom is 0.459 e. The lowest BCUT2D eigenvalue weighted by Crippen LogP contribution is -2.41. The molecule has 1 aromatic carbocycles. The number of nitrogens with zero attached hydrogens (tertiary/aromatic N) is 4. The van der Waals surface area contributed by atoms with Crippen molar-refractivity contribution in [2.45, 2.75) is 62.2 Å². The van der Waals surface area contributed by atoms with E-state index in [4.69, 9.17) is 24.3 Å². The van der Waals surface area contributed by atoms with Crippen LogP contribution < -0.4 is 15.3 Å². The van der Waals surface area contributed by atoms with Crippen LogP contribution in [0.15, 0.2) is 60.9 Å². The largest absolute Gasteiger partial charge is 0.461 e. The number of nitrogen functional groups attached to an aromatic ring is 1. The van der Waals surface area contributed by atoms with Crippen molar-refractivity contribution in [2.75, 3.05) is 12.3 Å². The predicted octanol–water partition coefficient (Wildman–Crippen LogP) is 1.98. The highest BCUT2D eigenvalue weighted by Crippen LogP contribution is 2.47. The van der Waals surface area contributed by atoms with Gasteiger partial charge in [0.05, 0.1) is 12.3 Å². The van der Waals surface area contributed by atoms with Crippen LogP contribution in [0, 0.1) is 11.3 Å². The molecule has 0 bridgehead atoms. The summed E-state index contributed by atoms with van der Waals surface area (Å²) in [6.45, 7) is 0.871. The molecule has 5 rings (SSSR count). The summed E-state index contributed by atoms with van der Waals surface area (Å²) in [5.41, 5.74) is 4.28. The zero-order valence-electron chi connectivity index (χ0n) is 22.6. The van der Waals surface area contributed by atoms with Crippen molar-refractivity contribution in [1.29, 1.82) is 5.26 Å². The summed E-state index contributed by atoms with van der Waals surface area (Å²) in [5.74, 6) is -0.328. The Balaban J connectivity index is 1.34. The minimum Gasteiger partial charge on any atom is -0.461 e. The maximum absolute atomic E-state index is 13.9. The molecule has 3 heterocycles. The van der Waals surface area contributed by atoms with Gasteiger partial charge in [0, 0.05) is 6.42 Å². The average molecular weight is 599 g/mol. The molecule has 0 saturated carbocycles. The topological polar surface area (TPSA) is 204 Å². The van der Waals surface area contributed by atoms with E-state index in [0.717, 1.165) is 6.42 Å².